The van der Waals surface area contributed by atoms with Gasteiger partial charge in [-0.25, -0.2) is 9.78 Å². The summed E-state index contributed by atoms with van der Waals surface area (Å²) in [6.07, 6.45) is 1.61. The molecule has 2 rings (SSSR count). The Kier molecular flexibility index (Phi) is 3.69. The molecule has 1 aromatic heterocycles. The SMILES string of the molecule is COC(=O)c1ccc(C(=O)Nc2nccs2)cc1. The van der Waals surface area contributed by atoms with Gasteiger partial charge in [0.25, 0.3) is 5.91 Å². The van der Waals surface area contributed by atoms with Crippen LogP contribution in [0.15, 0.2) is 35.8 Å². The van der Waals surface area contributed by atoms with Gasteiger partial charge in [-0.1, -0.05) is 0 Å². The van der Waals surface area contributed by atoms with E-state index in [4.69, 9.17) is 0 Å². The van der Waals surface area contributed by atoms with Crippen molar-refractivity contribution in [1.29, 1.82) is 0 Å². The van der Waals surface area contributed by atoms with Crippen LogP contribution < -0.4 is 5.32 Å². The molecule has 1 aromatic carbocycles. The van der Waals surface area contributed by atoms with Crippen LogP contribution in [0.4, 0.5) is 5.13 Å². The molecular weight excluding hydrogens is 252 g/mol. The topological polar surface area (TPSA) is 68.3 Å². The zero-order chi connectivity index (χ0) is 13.0. The summed E-state index contributed by atoms with van der Waals surface area (Å²) in [7, 11) is 1.31. The minimum absolute atomic E-state index is 0.263. The number of carbonyl (C=O) groups is 2. The number of esters is 1. The van der Waals surface area contributed by atoms with E-state index in [1.54, 1.807) is 35.8 Å². The second-order valence-corrected chi connectivity index (χ2v) is 4.25. The molecule has 0 aliphatic rings. The maximum atomic E-state index is 11.8. The number of thiazole rings is 1. The van der Waals surface area contributed by atoms with Crippen molar-refractivity contribution in [2.24, 2.45) is 0 Å². The van der Waals surface area contributed by atoms with Crippen LogP contribution >= 0.6 is 11.3 Å². The summed E-state index contributed by atoms with van der Waals surface area (Å²) in [5.74, 6) is -0.691. The quantitative estimate of drug-likeness (QED) is 0.861. The second kappa shape index (κ2) is 5.42. The maximum Gasteiger partial charge on any atom is 0.337 e. The Bertz CT molecular complexity index is 549. The number of ether oxygens (including phenoxy) is 1. The average Bonchev–Trinajstić information content (AvgIpc) is 2.91. The van der Waals surface area contributed by atoms with Crippen LogP contribution in [-0.4, -0.2) is 24.0 Å². The Morgan fingerprint density at radius 3 is 2.44 bits per heavy atom. The molecule has 0 spiro atoms. The fourth-order valence-electron chi connectivity index (χ4n) is 1.33. The van der Waals surface area contributed by atoms with Gasteiger partial charge in [0.2, 0.25) is 0 Å². The zero-order valence-electron chi connectivity index (χ0n) is 9.54. The largest absolute Gasteiger partial charge is 0.465 e. The first-order chi connectivity index (χ1) is 8.70. The van der Waals surface area contributed by atoms with Gasteiger partial charge in [-0.05, 0) is 24.3 Å². The summed E-state index contributed by atoms with van der Waals surface area (Å²) in [6.45, 7) is 0. The third-order valence-corrected chi connectivity index (χ3v) is 2.91. The summed E-state index contributed by atoms with van der Waals surface area (Å²) in [4.78, 5) is 27.0. The first-order valence-electron chi connectivity index (χ1n) is 5.10. The Morgan fingerprint density at radius 2 is 1.89 bits per heavy atom. The van der Waals surface area contributed by atoms with Gasteiger partial charge in [-0.15, -0.1) is 11.3 Å². The van der Waals surface area contributed by atoms with E-state index in [-0.39, 0.29) is 5.91 Å². The molecule has 1 amide bonds. The molecule has 0 aliphatic heterocycles. The highest BCUT2D eigenvalue weighted by molar-refractivity contribution is 7.13. The molecule has 0 bridgehead atoms. The van der Waals surface area contributed by atoms with Crippen molar-refractivity contribution in [1.82, 2.24) is 4.98 Å². The molecule has 0 atom stereocenters. The third kappa shape index (κ3) is 2.72. The van der Waals surface area contributed by atoms with Crippen LogP contribution in [-0.2, 0) is 4.74 Å². The fraction of sp³-hybridized carbons (Fsp3) is 0.0833. The number of nitrogens with one attached hydrogen (secondary N) is 1. The lowest BCUT2D eigenvalue weighted by atomic mass is 10.1. The van der Waals surface area contributed by atoms with Crippen LogP contribution in [0, 0.1) is 0 Å². The Labute approximate surface area is 107 Å². The molecule has 6 heteroatoms. The van der Waals surface area contributed by atoms with Gasteiger partial charge in [-0.2, -0.15) is 0 Å². The minimum Gasteiger partial charge on any atom is -0.465 e. The van der Waals surface area contributed by atoms with Gasteiger partial charge < -0.3 is 4.74 Å². The lowest BCUT2D eigenvalue weighted by Gasteiger charge is -2.03. The van der Waals surface area contributed by atoms with Crippen LogP contribution in [0.2, 0.25) is 0 Å². The predicted molar refractivity (Wildman–Crippen MR) is 67.8 cm³/mol. The monoisotopic (exact) mass is 262 g/mol. The number of hydrogen-bond donors (Lipinski definition) is 1. The molecule has 5 nitrogen and oxygen atoms in total. The van der Waals surface area contributed by atoms with E-state index in [0.717, 1.165) is 0 Å². The lowest BCUT2D eigenvalue weighted by molar-refractivity contribution is 0.0600. The number of anilines is 1. The van der Waals surface area contributed by atoms with Crippen molar-refractivity contribution in [3.63, 3.8) is 0 Å². The standard InChI is InChI=1S/C12H10N2O3S/c1-17-11(16)9-4-2-8(3-5-9)10(15)14-12-13-6-7-18-12/h2-7H,1H3,(H,13,14,15). The number of carbonyl (C=O) groups excluding carboxylic acids is 2. The molecule has 0 unspecified atom stereocenters. The van der Waals surface area contributed by atoms with Gasteiger partial charge >= 0.3 is 5.97 Å². The molecule has 0 saturated carbocycles. The van der Waals surface area contributed by atoms with E-state index in [1.807, 2.05) is 0 Å². The highest BCUT2D eigenvalue weighted by atomic mass is 32.1. The van der Waals surface area contributed by atoms with Crippen molar-refractivity contribution in [3.05, 3.63) is 47.0 Å². The van der Waals surface area contributed by atoms with Crippen molar-refractivity contribution in [2.45, 2.75) is 0 Å². The Hall–Kier alpha value is -2.21. The average molecular weight is 262 g/mol. The number of nitrogens with zero attached hydrogens (tertiary/aromatic N) is 1. The highest BCUT2D eigenvalue weighted by Crippen LogP contribution is 2.13. The van der Waals surface area contributed by atoms with Crippen molar-refractivity contribution in [2.75, 3.05) is 12.4 Å². The van der Waals surface area contributed by atoms with Crippen molar-refractivity contribution in [3.8, 4) is 0 Å². The fourth-order valence-corrected chi connectivity index (χ4v) is 1.85. The Balaban J connectivity index is 2.09. The maximum absolute atomic E-state index is 11.8. The predicted octanol–water partition coefficient (Wildman–Crippen LogP) is 2.18. The summed E-state index contributed by atoms with van der Waals surface area (Å²) in [6, 6.07) is 6.22. The van der Waals surface area contributed by atoms with E-state index < -0.39 is 5.97 Å². The molecule has 2 aromatic rings. The molecule has 0 radical (unpaired) electrons. The van der Waals surface area contributed by atoms with Gasteiger partial charge in [0.15, 0.2) is 5.13 Å². The number of amides is 1. The highest BCUT2D eigenvalue weighted by Gasteiger charge is 2.09. The van der Waals surface area contributed by atoms with Gasteiger partial charge in [0.05, 0.1) is 12.7 Å². The number of aromatic nitrogens is 1. The number of methoxy groups -OCH3 is 1. The second-order valence-electron chi connectivity index (χ2n) is 3.36. The molecule has 18 heavy (non-hydrogen) atoms. The molecule has 92 valence electrons. The third-order valence-electron chi connectivity index (χ3n) is 2.22. The zero-order valence-corrected chi connectivity index (χ0v) is 10.4. The number of benzene rings is 1. The van der Waals surface area contributed by atoms with E-state index in [1.165, 1.54) is 18.4 Å². The van der Waals surface area contributed by atoms with Crippen LogP contribution in [0.1, 0.15) is 20.7 Å². The van der Waals surface area contributed by atoms with E-state index in [9.17, 15) is 9.59 Å². The van der Waals surface area contributed by atoms with E-state index >= 15 is 0 Å². The summed E-state index contributed by atoms with van der Waals surface area (Å²) in [5.41, 5.74) is 0.862. The molecular formula is C12H10N2O3S. The molecule has 1 N–H and O–H groups in total. The molecule has 1 heterocycles. The van der Waals surface area contributed by atoms with Gasteiger partial charge in [-0.3, -0.25) is 10.1 Å². The first-order valence-corrected chi connectivity index (χ1v) is 5.98. The van der Waals surface area contributed by atoms with Crippen molar-refractivity contribution >= 4 is 28.3 Å². The van der Waals surface area contributed by atoms with Gasteiger partial charge in [0, 0.05) is 17.1 Å². The Morgan fingerprint density at radius 1 is 1.22 bits per heavy atom. The molecule has 0 saturated heterocycles. The normalized spacial score (nSPS) is 9.83. The van der Waals surface area contributed by atoms with Crippen molar-refractivity contribution < 1.29 is 14.3 Å². The lowest BCUT2D eigenvalue weighted by Crippen LogP contribution is -2.12. The molecule has 0 fully saturated rings. The van der Waals surface area contributed by atoms with E-state index in [0.29, 0.717) is 16.3 Å². The summed E-state index contributed by atoms with van der Waals surface area (Å²) in [5, 5.41) is 4.97. The molecule has 0 aliphatic carbocycles. The van der Waals surface area contributed by atoms with Gasteiger partial charge in [0.1, 0.15) is 0 Å². The minimum atomic E-state index is -0.429. The van der Waals surface area contributed by atoms with E-state index in [2.05, 4.69) is 15.0 Å². The number of rotatable bonds is 3. The first kappa shape index (κ1) is 12.3. The summed E-state index contributed by atoms with van der Waals surface area (Å²) < 4.78 is 4.57. The number of hydrogen-bond acceptors (Lipinski definition) is 5. The van der Waals surface area contributed by atoms with Crippen LogP contribution in [0.25, 0.3) is 0 Å². The van der Waals surface area contributed by atoms with Crippen LogP contribution in [0.5, 0.6) is 0 Å². The van der Waals surface area contributed by atoms with Crippen LogP contribution in [0.3, 0.4) is 0 Å². The smallest absolute Gasteiger partial charge is 0.337 e. The summed E-state index contributed by atoms with van der Waals surface area (Å²) >= 11 is 1.34.